The van der Waals surface area contributed by atoms with E-state index in [0.717, 1.165) is 4.68 Å². The molecule has 0 spiro atoms. The quantitative estimate of drug-likeness (QED) is 0.798. The predicted octanol–water partition coefficient (Wildman–Crippen LogP) is 1.86. The van der Waals surface area contributed by atoms with Crippen LogP contribution in [0.3, 0.4) is 0 Å². The van der Waals surface area contributed by atoms with Gasteiger partial charge in [-0.3, -0.25) is 0 Å². The van der Waals surface area contributed by atoms with Gasteiger partial charge in [-0.25, -0.2) is 4.68 Å². The summed E-state index contributed by atoms with van der Waals surface area (Å²) < 4.78 is 1.01. The maximum Gasteiger partial charge on any atom is 0.312 e. The van der Waals surface area contributed by atoms with Gasteiger partial charge in [0, 0.05) is 7.05 Å². The van der Waals surface area contributed by atoms with Crippen LogP contribution in [-0.2, 0) is 7.05 Å². The zero-order chi connectivity index (χ0) is 9.30. The van der Waals surface area contributed by atoms with E-state index >= 15 is 0 Å². The molecule has 7 heteroatoms. The Morgan fingerprint density at radius 2 is 2.00 bits per heavy atom. The summed E-state index contributed by atoms with van der Waals surface area (Å²) in [6, 6.07) is -0.252. The summed E-state index contributed by atoms with van der Waals surface area (Å²) in [7, 11) is 1.51. The van der Waals surface area contributed by atoms with E-state index in [1.54, 1.807) is 0 Å². The Morgan fingerprint density at radius 3 is 2.33 bits per heavy atom. The summed E-state index contributed by atoms with van der Waals surface area (Å²) in [6.45, 7) is 0. The largest absolute Gasteiger partial charge is 0.479 e. The number of aromatic nitrogens is 3. The zero-order valence-corrected chi connectivity index (χ0v) is 8.19. The van der Waals surface area contributed by atoms with Gasteiger partial charge in [-0.05, 0) is 0 Å². The van der Waals surface area contributed by atoms with Crippen molar-refractivity contribution in [3.8, 4) is 6.01 Å². The van der Waals surface area contributed by atoms with Crippen LogP contribution in [-0.4, -0.2) is 19.9 Å². The van der Waals surface area contributed by atoms with Crippen molar-refractivity contribution in [3.63, 3.8) is 0 Å². The molecule has 0 amide bonds. The van der Waals surface area contributed by atoms with Gasteiger partial charge in [0.05, 0.1) is 0 Å². The molecule has 0 fully saturated rings. The summed E-state index contributed by atoms with van der Waals surface area (Å²) in [5.41, 5.74) is 0. The van der Waals surface area contributed by atoms with E-state index in [0.29, 0.717) is 0 Å². The van der Waals surface area contributed by atoms with E-state index in [1.807, 2.05) is 0 Å². The van der Waals surface area contributed by atoms with Crippen LogP contribution in [0, 0.1) is 0 Å². The van der Waals surface area contributed by atoms with Crippen molar-refractivity contribution in [1.29, 1.82) is 0 Å². The second kappa shape index (κ2) is 3.51. The molecule has 1 N–H and O–H groups in total. The van der Waals surface area contributed by atoms with Gasteiger partial charge < -0.3 is 5.11 Å². The van der Waals surface area contributed by atoms with Gasteiger partial charge >= 0.3 is 6.01 Å². The molecule has 1 aromatic heterocycles. The highest BCUT2D eigenvalue weighted by Gasteiger charge is 2.11. The number of nitrogens with zero attached hydrogens (tertiary/aromatic N) is 3. The van der Waals surface area contributed by atoms with Gasteiger partial charge in [-0.15, -0.1) is 5.10 Å². The third-order valence-electron chi connectivity index (χ3n) is 1.10. The molecule has 0 saturated heterocycles. The Hall–Kier alpha value is -0.450. The molecule has 1 heterocycles. The highest BCUT2D eigenvalue weighted by molar-refractivity contribution is 6.66. The molecule has 0 bridgehead atoms. The summed E-state index contributed by atoms with van der Waals surface area (Å²) >= 11 is 16.3. The fraction of sp³-hybridized carbons (Fsp3) is 0.200. The number of halogens is 3. The maximum absolute atomic E-state index is 8.99. The van der Waals surface area contributed by atoms with Gasteiger partial charge in [-0.1, -0.05) is 34.8 Å². The number of aryl methyl sites for hydroxylation is 1. The molecule has 0 aliphatic rings. The molecule has 0 aliphatic carbocycles. The Bertz CT molecular complexity index is 309. The zero-order valence-electron chi connectivity index (χ0n) is 5.92. The van der Waals surface area contributed by atoms with E-state index in [2.05, 4.69) is 10.1 Å². The second-order valence-corrected chi connectivity index (χ2v) is 3.26. The molecule has 0 radical (unpaired) electrons. The molecule has 66 valence electrons. The highest BCUT2D eigenvalue weighted by atomic mass is 35.5. The first-order valence-corrected chi connectivity index (χ1v) is 3.97. The number of rotatable bonds is 1. The van der Waals surface area contributed by atoms with Crippen molar-refractivity contribution in [2.24, 2.45) is 7.05 Å². The fourth-order valence-corrected chi connectivity index (χ4v) is 0.803. The first-order chi connectivity index (χ1) is 5.52. The van der Waals surface area contributed by atoms with Crippen LogP contribution in [0.4, 0.5) is 0 Å². The predicted molar refractivity (Wildman–Crippen MR) is 47.1 cm³/mol. The lowest BCUT2D eigenvalue weighted by atomic mass is 10.6. The van der Waals surface area contributed by atoms with E-state index in [9.17, 15) is 0 Å². The second-order valence-electron chi connectivity index (χ2n) is 1.93. The van der Waals surface area contributed by atoms with Crippen LogP contribution < -0.4 is 0 Å². The average molecular weight is 228 g/mol. The molecule has 1 rings (SSSR count). The topological polar surface area (TPSA) is 50.9 Å². The van der Waals surface area contributed by atoms with Gasteiger partial charge in [0.25, 0.3) is 0 Å². The van der Waals surface area contributed by atoms with Crippen molar-refractivity contribution in [2.45, 2.75) is 0 Å². The van der Waals surface area contributed by atoms with Gasteiger partial charge in [-0.2, -0.15) is 4.98 Å². The SMILES string of the molecule is Cn1nc(C(Cl)=C(Cl)Cl)nc1O. The number of hydrogen-bond donors (Lipinski definition) is 1. The maximum atomic E-state index is 8.99. The van der Waals surface area contributed by atoms with Crippen molar-refractivity contribution >= 4 is 39.8 Å². The van der Waals surface area contributed by atoms with Crippen molar-refractivity contribution in [1.82, 2.24) is 14.8 Å². The number of aromatic hydroxyl groups is 1. The highest BCUT2D eigenvalue weighted by Crippen LogP contribution is 2.26. The number of hydrogen-bond acceptors (Lipinski definition) is 3. The summed E-state index contributed by atoms with van der Waals surface area (Å²) in [5, 5.41) is 12.7. The minimum absolute atomic E-state index is 0.00855. The monoisotopic (exact) mass is 227 g/mol. The van der Waals surface area contributed by atoms with E-state index < -0.39 is 0 Å². The summed E-state index contributed by atoms with van der Waals surface area (Å²) in [6.07, 6.45) is 0. The van der Waals surface area contributed by atoms with Crippen LogP contribution in [0.15, 0.2) is 4.49 Å². The van der Waals surface area contributed by atoms with E-state index in [-0.39, 0.29) is 21.4 Å². The Kier molecular flexibility index (Phi) is 2.82. The van der Waals surface area contributed by atoms with Crippen LogP contribution in [0.2, 0.25) is 0 Å². The molecule has 0 aliphatic heterocycles. The third-order valence-corrected chi connectivity index (χ3v) is 2.03. The molecule has 1 aromatic rings. The van der Waals surface area contributed by atoms with Crippen LogP contribution >= 0.6 is 34.8 Å². The lowest BCUT2D eigenvalue weighted by Crippen LogP contribution is -1.89. The standard InChI is InChI=1S/C5H4Cl3N3O/c1-11-5(12)9-4(10-11)2(6)3(7)8/h1H3,(H,9,10,12). The Labute approximate surface area is 83.4 Å². The summed E-state index contributed by atoms with van der Waals surface area (Å²) in [4.78, 5) is 3.58. The third kappa shape index (κ3) is 1.83. The van der Waals surface area contributed by atoms with Crippen LogP contribution in [0.25, 0.3) is 5.03 Å². The average Bonchev–Trinajstić information content (AvgIpc) is 2.30. The van der Waals surface area contributed by atoms with E-state index in [1.165, 1.54) is 7.05 Å². The van der Waals surface area contributed by atoms with Crippen molar-refractivity contribution in [3.05, 3.63) is 10.3 Å². The first-order valence-electron chi connectivity index (χ1n) is 2.83. The Morgan fingerprint density at radius 1 is 1.42 bits per heavy atom. The molecule has 0 aromatic carbocycles. The van der Waals surface area contributed by atoms with Gasteiger partial charge in [0.2, 0.25) is 0 Å². The summed E-state index contributed by atoms with van der Waals surface area (Å²) in [5.74, 6) is 0.0941. The molecular weight excluding hydrogens is 224 g/mol. The Balaban J connectivity index is 3.14. The van der Waals surface area contributed by atoms with E-state index in [4.69, 9.17) is 39.9 Å². The molecule has 0 unspecified atom stereocenters. The molecule has 12 heavy (non-hydrogen) atoms. The van der Waals surface area contributed by atoms with Crippen molar-refractivity contribution in [2.75, 3.05) is 0 Å². The van der Waals surface area contributed by atoms with Gasteiger partial charge in [0.1, 0.15) is 9.52 Å². The molecular formula is C5H4Cl3N3O. The molecule has 4 nitrogen and oxygen atoms in total. The fourth-order valence-electron chi connectivity index (χ4n) is 0.554. The lowest BCUT2D eigenvalue weighted by molar-refractivity contribution is 0.402. The normalized spacial score (nSPS) is 10.0. The molecule has 0 saturated carbocycles. The van der Waals surface area contributed by atoms with Gasteiger partial charge in [0.15, 0.2) is 5.82 Å². The minimum Gasteiger partial charge on any atom is -0.479 e. The van der Waals surface area contributed by atoms with Crippen LogP contribution in [0.1, 0.15) is 5.82 Å². The molecule has 0 atom stereocenters. The first kappa shape index (κ1) is 9.64. The van der Waals surface area contributed by atoms with Crippen LogP contribution in [0.5, 0.6) is 6.01 Å². The smallest absolute Gasteiger partial charge is 0.312 e. The van der Waals surface area contributed by atoms with Crippen molar-refractivity contribution < 1.29 is 5.11 Å². The lowest BCUT2D eigenvalue weighted by Gasteiger charge is -1.88. The minimum atomic E-state index is -0.252.